The van der Waals surface area contributed by atoms with Gasteiger partial charge in [0.25, 0.3) is 0 Å². The Hall–Kier alpha value is -1.98. The van der Waals surface area contributed by atoms with E-state index in [2.05, 4.69) is 9.97 Å². The summed E-state index contributed by atoms with van der Waals surface area (Å²) in [6, 6.07) is 0. The number of nitrogens with zero attached hydrogens (tertiary/aromatic N) is 2. The van der Waals surface area contributed by atoms with Crippen LogP contribution in [0.4, 0.5) is 0 Å². The van der Waals surface area contributed by atoms with Crippen molar-refractivity contribution in [2.45, 2.75) is 19.8 Å². The zero-order chi connectivity index (χ0) is 12.7. The molecule has 0 aliphatic carbocycles. The van der Waals surface area contributed by atoms with Gasteiger partial charge in [0.05, 0.1) is 13.2 Å². The first-order valence-electron chi connectivity index (χ1n) is 5.28. The van der Waals surface area contributed by atoms with E-state index in [1.807, 2.05) is 0 Å². The number of carbonyl (C=O) groups is 2. The molecule has 92 valence electrons. The molecule has 1 aromatic heterocycles. The zero-order valence-electron chi connectivity index (χ0n) is 9.75. The molecule has 0 aromatic carbocycles. The van der Waals surface area contributed by atoms with Crippen molar-refractivity contribution in [1.29, 1.82) is 0 Å². The molecule has 0 saturated heterocycles. The molecule has 0 atom stereocenters. The number of hydrogen-bond acceptors (Lipinski definition) is 6. The second-order valence-electron chi connectivity index (χ2n) is 3.11. The van der Waals surface area contributed by atoms with E-state index in [1.165, 1.54) is 18.7 Å². The molecule has 0 aliphatic rings. The van der Waals surface area contributed by atoms with E-state index in [9.17, 15) is 9.59 Å². The molecule has 0 amide bonds. The fraction of sp³-hybridized carbons (Fsp3) is 0.455. The Bertz CT molecular complexity index is 362. The highest BCUT2D eigenvalue weighted by atomic mass is 16.6. The largest absolute Gasteiger partial charge is 0.465 e. The van der Waals surface area contributed by atoms with Gasteiger partial charge in [0.2, 0.25) is 0 Å². The summed E-state index contributed by atoms with van der Waals surface area (Å²) in [5.74, 6) is -2.42. The summed E-state index contributed by atoms with van der Waals surface area (Å²) in [7, 11) is 0. The molecule has 0 spiro atoms. The second-order valence-corrected chi connectivity index (χ2v) is 3.11. The van der Waals surface area contributed by atoms with Gasteiger partial charge in [0.15, 0.2) is 5.92 Å². The van der Waals surface area contributed by atoms with Gasteiger partial charge in [0, 0.05) is 18.0 Å². The highest BCUT2D eigenvalue weighted by molar-refractivity contribution is 6.00. The standard InChI is InChI=1S/C11H14N2O4/c1-3-16-10(14)9(11(15)17-4-2)8-5-12-7-13-6-8/h5-7,9H,3-4H2,1-2H3. The Kier molecular flexibility index (Phi) is 5.06. The van der Waals surface area contributed by atoms with Crippen molar-refractivity contribution in [1.82, 2.24) is 9.97 Å². The highest BCUT2D eigenvalue weighted by Crippen LogP contribution is 2.17. The third-order valence-corrected chi connectivity index (χ3v) is 1.96. The predicted octanol–water partition coefficient (Wildman–Crippen LogP) is 0.686. The molecule has 6 heteroatoms. The SMILES string of the molecule is CCOC(=O)C(C(=O)OCC)c1cncnc1. The highest BCUT2D eigenvalue weighted by Gasteiger charge is 2.31. The first-order chi connectivity index (χ1) is 8.20. The molecule has 1 aromatic rings. The van der Waals surface area contributed by atoms with Gasteiger partial charge in [-0.15, -0.1) is 0 Å². The summed E-state index contributed by atoms with van der Waals surface area (Å²) in [6.45, 7) is 3.73. The van der Waals surface area contributed by atoms with Crippen molar-refractivity contribution in [3.8, 4) is 0 Å². The van der Waals surface area contributed by atoms with Crippen LogP contribution < -0.4 is 0 Å². The molecule has 0 unspecified atom stereocenters. The van der Waals surface area contributed by atoms with E-state index in [-0.39, 0.29) is 13.2 Å². The molecule has 0 fully saturated rings. The fourth-order valence-corrected chi connectivity index (χ4v) is 1.28. The van der Waals surface area contributed by atoms with Crippen molar-refractivity contribution in [3.05, 3.63) is 24.3 Å². The summed E-state index contributed by atoms with van der Waals surface area (Å²) in [5, 5.41) is 0. The van der Waals surface area contributed by atoms with Crippen LogP contribution in [0.15, 0.2) is 18.7 Å². The van der Waals surface area contributed by atoms with Gasteiger partial charge in [-0.2, -0.15) is 0 Å². The average Bonchev–Trinajstić information content (AvgIpc) is 2.31. The maximum Gasteiger partial charge on any atom is 0.325 e. The van der Waals surface area contributed by atoms with Crippen molar-refractivity contribution in [2.75, 3.05) is 13.2 Å². The van der Waals surface area contributed by atoms with Crippen molar-refractivity contribution >= 4 is 11.9 Å². The van der Waals surface area contributed by atoms with E-state index >= 15 is 0 Å². The third kappa shape index (κ3) is 3.51. The maximum absolute atomic E-state index is 11.7. The lowest BCUT2D eigenvalue weighted by Crippen LogP contribution is -2.26. The van der Waals surface area contributed by atoms with Crippen LogP contribution in [-0.4, -0.2) is 35.1 Å². The first kappa shape index (κ1) is 13.1. The fourth-order valence-electron chi connectivity index (χ4n) is 1.28. The Morgan fingerprint density at radius 2 is 1.59 bits per heavy atom. The van der Waals surface area contributed by atoms with Crippen molar-refractivity contribution < 1.29 is 19.1 Å². The smallest absolute Gasteiger partial charge is 0.325 e. The van der Waals surface area contributed by atoms with Crippen LogP contribution >= 0.6 is 0 Å². The predicted molar refractivity (Wildman–Crippen MR) is 58.0 cm³/mol. The Morgan fingerprint density at radius 3 is 2.00 bits per heavy atom. The van der Waals surface area contributed by atoms with Gasteiger partial charge in [-0.05, 0) is 13.8 Å². The van der Waals surface area contributed by atoms with Crippen LogP contribution in [0.2, 0.25) is 0 Å². The summed E-state index contributed by atoms with van der Waals surface area (Å²) < 4.78 is 9.66. The van der Waals surface area contributed by atoms with Gasteiger partial charge >= 0.3 is 11.9 Å². The Labute approximate surface area is 99.0 Å². The molecule has 0 radical (unpaired) electrons. The van der Waals surface area contributed by atoms with Crippen LogP contribution in [0.1, 0.15) is 25.3 Å². The van der Waals surface area contributed by atoms with Gasteiger partial charge in [0.1, 0.15) is 6.33 Å². The van der Waals surface area contributed by atoms with E-state index in [0.29, 0.717) is 5.56 Å². The van der Waals surface area contributed by atoms with Crippen LogP contribution in [-0.2, 0) is 19.1 Å². The lowest BCUT2D eigenvalue weighted by Gasteiger charge is -2.13. The number of hydrogen-bond donors (Lipinski definition) is 0. The Morgan fingerprint density at radius 1 is 1.12 bits per heavy atom. The Balaban J connectivity index is 2.94. The van der Waals surface area contributed by atoms with E-state index in [4.69, 9.17) is 9.47 Å². The molecule has 0 bridgehead atoms. The van der Waals surface area contributed by atoms with Crippen LogP contribution in [0.25, 0.3) is 0 Å². The summed E-state index contributed by atoms with van der Waals surface area (Å²) in [6.07, 6.45) is 4.11. The lowest BCUT2D eigenvalue weighted by atomic mass is 10.0. The molecule has 0 saturated carbocycles. The van der Waals surface area contributed by atoms with Crippen molar-refractivity contribution in [3.63, 3.8) is 0 Å². The normalized spacial score (nSPS) is 10.1. The summed E-state index contributed by atoms with van der Waals surface area (Å²) >= 11 is 0. The minimum absolute atomic E-state index is 0.197. The minimum atomic E-state index is -1.11. The number of rotatable bonds is 5. The van der Waals surface area contributed by atoms with E-state index in [1.54, 1.807) is 13.8 Å². The number of esters is 2. The molecular weight excluding hydrogens is 224 g/mol. The lowest BCUT2D eigenvalue weighted by molar-refractivity contribution is -0.156. The molecule has 17 heavy (non-hydrogen) atoms. The quantitative estimate of drug-likeness (QED) is 0.554. The molecular formula is C11H14N2O4. The van der Waals surface area contributed by atoms with Gasteiger partial charge in [-0.1, -0.05) is 0 Å². The van der Waals surface area contributed by atoms with E-state index < -0.39 is 17.9 Å². The molecule has 6 nitrogen and oxygen atoms in total. The maximum atomic E-state index is 11.7. The van der Waals surface area contributed by atoms with E-state index in [0.717, 1.165) is 0 Å². The summed E-state index contributed by atoms with van der Waals surface area (Å²) in [5.41, 5.74) is 0.365. The second kappa shape index (κ2) is 6.57. The topological polar surface area (TPSA) is 78.4 Å². The monoisotopic (exact) mass is 238 g/mol. The minimum Gasteiger partial charge on any atom is -0.465 e. The average molecular weight is 238 g/mol. The first-order valence-corrected chi connectivity index (χ1v) is 5.28. The van der Waals surface area contributed by atoms with Gasteiger partial charge in [-0.3, -0.25) is 9.59 Å². The molecule has 1 heterocycles. The van der Waals surface area contributed by atoms with Gasteiger partial charge in [-0.25, -0.2) is 9.97 Å². The van der Waals surface area contributed by atoms with Crippen LogP contribution in [0.3, 0.4) is 0 Å². The zero-order valence-corrected chi connectivity index (χ0v) is 9.75. The van der Waals surface area contributed by atoms with Crippen LogP contribution in [0, 0.1) is 0 Å². The third-order valence-electron chi connectivity index (χ3n) is 1.96. The van der Waals surface area contributed by atoms with Gasteiger partial charge < -0.3 is 9.47 Å². The number of carbonyl (C=O) groups excluding carboxylic acids is 2. The van der Waals surface area contributed by atoms with Crippen molar-refractivity contribution in [2.24, 2.45) is 0 Å². The number of ether oxygens (including phenoxy) is 2. The number of aromatic nitrogens is 2. The summed E-state index contributed by atoms with van der Waals surface area (Å²) in [4.78, 5) is 30.9. The molecule has 0 aliphatic heterocycles. The molecule has 1 rings (SSSR count). The van der Waals surface area contributed by atoms with Crippen LogP contribution in [0.5, 0.6) is 0 Å². The molecule has 0 N–H and O–H groups in total.